The molecule has 7 nitrogen and oxygen atoms in total. The van der Waals surface area contributed by atoms with E-state index < -0.39 is 0 Å². The molecular weight excluding hydrogens is 248 g/mol. The average molecular weight is 260 g/mol. The molecule has 2 aromatic heterocycles. The van der Waals surface area contributed by atoms with Gasteiger partial charge in [0, 0.05) is 37.6 Å². The van der Waals surface area contributed by atoms with Gasteiger partial charge in [0.1, 0.15) is 0 Å². The number of carbonyl (C=O) groups excluding carboxylic acids is 1. The van der Waals surface area contributed by atoms with Crippen LogP contribution < -0.4 is 16.4 Å². The van der Waals surface area contributed by atoms with Crippen LogP contribution in [0.25, 0.3) is 0 Å². The molecule has 0 saturated carbocycles. The van der Waals surface area contributed by atoms with Gasteiger partial charge >= 0.3 is 0 Å². The SMILES string of the molecule is O=C(NCCn1cnccc1=O)c1ccc(=O)[nH]c1. The fourth-order valence-corrected chi connectivity index (χ4v) is 1.49. The molecule has 19 heavy (non-hydrogen) atoms. The summed E-state index contributed by atoms with van der Waals surface area (Å²) in [5.41, 5.74) is -0.0788. The van der Waals surface area contributed by atoms with E-state index in [-0.39, 0.29) is 17.0 Å². The summed E-state index contributed by atoms with van der Waals surface area (Å²) in [5.74, 6) is -0.312. The molecule has 2 heterocycles. The highest BCUT2D eigenvalue weighted by atomic mass is 16.2. The maximum atomic E-state index is 11.7. The van der Waals surface area contributed by atoms with Crippen LogP contribution in [0.3, 0.4) is 0 Å². The van der Waals surface area contributed by atoms with E-state index in [1.165, 1.54) is 41.5 Å². The number of carbonyl (C=O) groups is 1. The Balaban J connectivity index is 1.91. The average Bonchev–Trinajstić information content (AvgIpc) is 2.41. The molecule has 0 radical (unpaired) electrons. The van der Waals surface area contributed by atoms with E-state index in [1.807, 2.05) is 0 Å². The predicted molar refractivity (Wildman–Crippen MR) is 67.9 cm³/mol. The Bertz CT molecular complexity index is 669. The topological polar surface area (TPSA) is 96.8 Å². The van der Waals surface area contributed by atoms with Gasteiger partial charge in [-0.1, -0.05) is 0 Å². The molecule has 0 unspecified atom stereocenters. The van der Waals surface area contributed by atoms with Crippen LogP contribution >= 0.6 is 0 Å². The highest BCUT2D eigenvalue weighted by Gasteiger charge is 2.04. The number of rotatable bonds is 4. The molecule has 0 saturated heterocycles. The van der Waals surface area contributed by atoms with Crippen molar-refractivity contribution in [1.29, 1.82) is 0 Å². The molecule has 2 rings (SSSR count). The first kappa shape index (κ1) is 12.7. The number of aromatic nitrogens is 3. The highest BCUT2D eigenvalue weighted by Crippen LogP contribution is 1.92. The van der Waals surface area contributed by atoms with Crippen molar-refractivity contribution in [3.63, 3.8) is 0 Å². The number of hydrogen-bond donors (Lipinski definition) is 2. The molecular formula is C12H12N4O3. The Hall–Kier alpha value is -2.70. The van der Waals surface area contributed by atoms with Crippen molar-refractivity contribution in [3.05, 3.63) is 63.2 Å². The van der Waals surface area contributed by atoms with Crippen molar-refractivity contribution in [2.75, 3.05) is 6.54 Å². The van der Waals surface area contributed by atoms with E-state index in [0.717, 1.165) is 0 Å². The van der Waals surface area contributed by atoms with Crippen LogP contribution in [-0.2, 0) is 6.54 Å². The third-order valence-electron chi connectivity index (χ3n) is 2.48. The molecule has 1 amide bonds. The summed E-state index contributed by atoms with van der Waals surface area (Å²) in [6.07, 6.45) is 4.17. The Morgan fingerprint density at radius 1 is 1.32 bits per heavy atom. The minimum Gasteiger partial charge on any atom is -0.350 e. The third-order valence-corrected chi connectivity index (χ3v) is 2.48. The van der Waals surface area contributed by atoms with Crippen LogP contribution in [0, 0.1) is 0 Å². The number of aromatic amines is 1. The summed E-state index contributed by atoms with van der Waals surface area (Å²) >= 11 is 0. The van der Waals surface area contributed by atoms with E-state index >= 15 is 0 Å². The van der Waals surface area contributed by atoms with Crippen LogP contribution in [0.5, 0.6) is 0 Å². The molecule has 2 N–H and O–H groups in total. The summed E-state index contributed by atoms with van der Waals surface area (Å²) in [4.78, 5) is 40.2. The Kier molecular flexibility index (Phi) is 3.87. The first-order chi connectivity index (χ1) is 9.16. The molecule has 98 valence electrons. The van der Waals surface area contributed by atoms with E-state index in [0.29, 0.717) is 18.7 Å². The molecule has 2 aromatic rings. The van der Waals surface area contributed by atoms with E-state index in [1.54, 1.807) is 0 Å². The van der Waals surface area contributed by atoms with E-state index in [9.17, 15) is 14.4 Å². The van der Waals surface area contributed by atoms with Crippen molar-refractivity contribution in [2.24, 2.45) is 0 Å². The van der Waals surface area contributed by atoms with Crippen LogP contribution in [-0.4, -0.2) is 27.0 Å². The number of H-pyrrole nitrogens is 1. The number of nitrogens with zero attached hydrogens (tertiary/aromatic N) is 2. The lowest BCUT2D eigenvalue weighted by atomic mass is 10.3. The number of hydrogen-bond acceptors (Lipinski definition) is 4. The molecule has 0 bridgehead atoms. The summed E-state index contributed by atoms with van der Waals surface area (Å²) in [7, 11) is 0. The van der Waals surface area contributed by atoms with Gasteiger partial charge in [-0.25, -0.2) is 4.98 Å². The molecule has 0 atom stereocenters. The van der Waals surface area contributed by atoms with Crippen molar-refractivity contribution in [2.45, 2.75) is 6.54 Å². The molecule has 0 aliphatic heterocycles. The van der Waals surface area contributed by atoms with Crippen LogP contribution in [0.1, 0.15) is 10.4 Å². The molecule has 0 spiro atoms. The van der Waals surface area contributed by atoms with Crippen LogP contribution in [0.4, 0.5) is 0 Å². The summed E-state index contributed by atoms with van der Waals surface area (Å²) in [6, 6.07) is 4.06. The molecule has 0 fully saturated rings. The van der Waals surface area contributed by atoms with Gasteiger partial charge in [0.15, 0.2) is 0 Å². The van der Waals surface area contributed by atoms with Crippen molar-refractivity contribution in [1.82, 2.24) is 19.9 Å². The summed E-state index contributed by atoms with van der Waals surface area (Å²) in [6.45, 7) is 0.630. The molecule has 0 aliphatic rings. The second-order valence-corrected chi connectivity index (χ2v) is 3.81. The zero-order chi connectivity index (χ0) is 13.7. The third kappa shape index (κ3) is 3.38. The van der Waals surface area contributed by atoms with Gasteiger partial charge < -0.3 is 10.3 Å². The molecule has 0 aromatic carbocycles. The number of nitrogens with one attached hydrogen (secondary N) is 2. The zero-order valence-corrected chi connectivity index (χ0v) is 10.00. The maximum absolute atomic E-state index is 11.7. The quantitative estimate of drug-likeness (QED) is 0.764. The number of amides is 1. The van der Waals surface area contributed by atoms with Crippen LogP contribution in [0.15, 0.2) is 46.5 Å². The van der Waals surface area contributed by atoms with Gasteiger partial charge in [0.05, 0.1) is 11.9 Å². The largest absolute Gasteiger partial charge is 0.350 e. The summed E-state index contributed by atoms with van der Waals surface area (Å²) < 4.78 is 1.40. The van der Waals surface area contributed by atoms with E-state index in [4.69, 9.17) is 0 Å². The Morgan fingerprint density at radius 3 is 2.84 bits per heavy atom. The van der Waals surface area contributed by atoms with Gasteiger partial charge in [-0.2, -0.15) is 0 Å². The summed E-state index contributed by atoms with van der Waals surface area (Å²) in [5, 5.41) is 2.65. The first-order valence-corrected chi connectivity index (χ1v) is 5.64. The molecule has 7 heteroatoms. The molecule has 0 aliphatic carbocycles. The lowest BCUT2D eigenvalue weighted by Crippen LogP contribution is -2.30. The highest BCUT2D eigenvalue weighted by molar-refractivity contribution is 5.93. The predicted octanol–water partition coefficient (Wildman–Crippen LogP) is -0.638. The Morgan fingerprint density at radius 2 is 2.16 bits per heavy atom. The second kappa shape index (κ2) is 5.76. The van der Waals surface area contributed by atoms with Crippen LogP contribution in [0.2, 0.25) is 0 Å². The minimum atomic E-state index is -0.312. The normalized spacial score (nSPS) is 10.1. The maximum Gasteiger partial charge on any atom is 0.253 e. The van der Waals surface area contributed by atoms with Gasteiger partial charge in [-0.05, 0) is 6.07 Å². The smallest absolute Gasteiger partial charge is 0.253 e. The van der Waals surface area contributed by atoms with Crippen molar-refractivity contribution < 1.29 is 4.79 Å². The van der Waals surface area contributed by atoms with Gasteiger partial charge in [0.25, 0.3) is 11.5 Å². The zero-order valence-electron chi connectivity index (χ0n) is 10.00. The first-order valence-electron chi connectivity index (χ1n) is 5.64. The number of pyridine rings is 1. The van der Waals surface area contributed by atoms with Crippen molar-refractivity contribution in [3.8, 4) is 0 Å². The second-order valence-electron chi connectivity index (χ2n) is 3.81. The fraction of sp³-hybridized carbons (Fsp3) is 0.167. The minimum absolute atomic E-state index is 0.173. The lowest BCUT2D eigenvalue weighted by Gasteiger charge is -2.06. The van der Waals surface area contributed by atoms with E-state index in [2.05, 4.69) is 15.3 Å². The lowest BCUT2D eigenvalue weighted by molar-refractivity contribution is 0.0951. The Labute approximate surface area is 107 Å². The standard InChI is InChI=1S/C12H12N4O3/c17-10-2-1-9(7-15-10)12(19)14-5-6-16-8-13-4-3-11(16)18/h1-4,7-8H,5-6H2,(H,14,19)(H,15,17). The van der Waals surface area contributed by atoms with Gasteiger partial charge in [0.2, 0.25) is 5.56 Å². The monoisotopic (exact) mass is 260 g/mol. The van der Waals surface area contributed by atoms with Gasteiger partial charge in [-0.3, -0.25) is 19.0 Å². The van der Waals surface area contributed by atoms with Crippen molar-refractivity contribution >= 4 is 5.91 Å². The fourth-order valence-electron chi connectivity index (χ4n) is 1.49. The van der Waals surface area contributed by atoms with Gasteiger partial charge in [-0.15, -0.1) is 0 Å².